The van der Waals surface area contributed by atoms with Crippen molar-refractivity contribution >= 4 is 5.97 Å². The van der Waals surface area contributed by atoms with Crippen LogP contribution in [0.5, 0.6) is 0 Å². The van der Waals surface area contributed by atoms with Gasteiger partial charge in [-0.2, -0.15) is 0 Å². The molecule has 0 fully saturated rings. The fourth-order valence-electron chi connectivity index (χ4n) is 1.14. The number of rotatable bonds is 9. The minimum absolute atomic E-state index is 0.0615. The van der Waals surface area contributed by atoms with E-state index in [9.17, 15) is 4.79 Å². The molecule has 0 aliphatic carbocycles. The van der Waals surface area contributed by atoms with Crippen molar-refractivity contribution in [1.82, 2.24) is 0 Å². The summed E-state index contributed by atoms with van der Waals surface area (Å²) < 4.78 is 5.00. The number of esters is 1. The molecule has 0 aromatic heterocycles. The molecule has 2 N–H and O–H groups in total. The second-order valence-electron chi connectivity index (χ2n) is 3.67. The topological polar surface area (TPSA) is 66.8 Å². The third-order valence-electron chi connectivity index (χ3n) is 2.35. The second-order valence-corrected chi connectivity index (χ2v) is 3.67. The zero-order chi connectivity index (χ0) is 11.5. The van der Waals surface area contributed by atoms with Gasteiger partial charge in [-0.3, -0.25) is 4.79 Å². The van der Waals surface area contributed by atoms with Crippen LogP contribution < -0.4 is 0 Å². The molecule has 15 heavy (non-hydrogen) atoms. The first-order valence-electron chi connectivity index (χ1n) is 5.61. The molecule has 0 saturated carbocycles. The Kier molecular flexibility index (Phi) is 9.52. The molecule has 90 valence electrons. The summed E-state index contributed by atoms with van der Waals surface area (Å²) in [7, 11) is 0. The largest absolute Gasteiger partial charge is 0.465 e. The van der Waals surface area contributed by atoms with Gasteiger partial charge in [-0.25, -0.2) is 0 Å². The number of hydrogen-bond acceptors (Lipinski definition) is 4. The van der Waals surface area contributed by atoms with Crippen molar-refractivity contribution in [3.8, 4) is 0 Å². The summed E-state index contributed by atoms with van der Waals surface area (Å²) >= 11 is 0. The summed E-state index contributed by atoms with van der Waals surface area (Å²) in [5.74, 6) is -0.147. The summed E-state index contributed by atoms with van der Waals surface area (Å²) in [6, 6.07) is 0. The number of hydrogen-bond donors (Lipinski definition) is 2. The lowest BCUT2D eigenvalue weighted by molar-refractivity contribution is -0.145. The molecule has 0 aromatic rings. The molecule has 0 radical (unpaired) electrons. The van der Waals surface area contributed by atoms with Crippen LogP contribution in [-0.2, 0) is 9.53 Å². The lowest BCUT2D eigenvalue weighted by atomic mass is 10.1. The van der Waals surface area contributed by atoms with Gasteiger partial charge < -0.3 is 14.9 Å². The molecule has 0 heterocycles. The monoisotopic (exact) mass is 218 g/mol. The van der Waals surface area contributed by atoms with Gasteiger partial charge in [0.2, 0.25) is 0 Å². The van der Waals surface area contributed by atoms with Gasteiger partial charge in [0.1, 0.15) is 0 Å². The highest BCUT2D eigenvalue weighted by atomic mass is 16.5. The number of aliphatic hydroxyl groups excluding tert-OH is 2. The summed E-state index contributed by atoms with van der Waals surface area (Å²) in [6.07, 6.45) is 3.57. The quantitative estimate of drug-likeness (QED) is 0.449. The molecule has 0 aliphatic heterocycles. The van der Waals surface area contributed by atoms with Gasteiger partial charge in [0, 0.05) is 25.6 Å². The van der Waals surface area contributed by atoms with E-state index in [1.807, 2.05) is 6.92 Å². The number of unbranched alkanes of at least 4 members (excludes halogenated alkanes) is 2. The predicted molar refractivity (Wildman–Crippen MR) is 57.4 cm³/mol. The van der Waals surface area contributed by atoms with Crippen molar-refractivity contribution in [3.05, 3.63) is 0 Å². The van der Waals surface area contributed by atoms with Crippen LogP contribution in [0.3, 0.4) is 0 Å². The third kappa shape index (κ3) is 8.39. The lowest BCUT2D eigenvalue weighted by Crippen LogP contribution is -2.16. The van der Waals surface area contributed by atoms with Crippen LogP contribution in [0.2, 0.25) is 0 Å². The molecule has 0 amide bonds. The van der Waals surface area contributed by atoms with Crippen LogP contribution in [-0.4, -0.2) is 36.0 Å². The molecule has 0 aliphatic rings. The molecule has 1 atom stereocenters. The predicted octanol–water partition coefficient (Wildman–Crippen LogP) is 1.10. The third-order valence-corrected chi connectivity index (χ3v) is 2.35. The van der Waals surface area contributed by atoms with E-state index in [0.29, 0.717) is 13.0 Å². The Bertz CT molecular complexity index is 155. The maximum Gasteiger partial charge on any atom is 0.305 e. The number of carbonyl (C=O) groups is 1. The van der Waals surface area contributed by atoms with Crippen molar-refractivity contribution < 1.29 is 19.7 Å². The summed E-state index contributed by atoms with van der Waals surface area (Å²) in [4.78, 5) is 11.2. The highest BCUT2D eigenvalue weighted by Gasteiger charge is 2.08. The average molecular weight is 218 g/mol. The maximum absolute atomic E-state index is 11.2. The first kappa shape index (κ1) is 14.4. The van der Waals surface area contributed by atoms with Crippen LogP contribution in [0.1, 0.15) is 39.0 Å². The van der Waals surface area contributed by atoms with E-state index in [4.69, 9.17) is 14.9 Å². The highest BCUT2D eigenvalue weighted by molar-refractivity contribution is 5.69. The molecule has 0 rings (SSSR count). The lowest BCUT2D eigenvalue weighted by Gasteiger charge is -2.11. The number of carbonyl (C=O) groups excluding carboxylic acids is 1. The molecule has 4 nitrogen and oxygen atoms in total. The van der Waals surface area contributed by atoms with E-state index >= 15 is 0 Å². The smallest absolute Gasteiger partial charge is 0.305 e. The molecule has 0 spiro atoms. The van der Waals surface area contributed by atoms with Gasteiger partial charge in [0.15, 0.2) is 0 Å². The van der Waals surface area contributed by atoms with Gasteiger partial charge in [0.05, 0.1) is 6.61 Å². The van der Waals surface area contributed by atoms with E-state index in [1.54, 1.807) is 0 Å². The fraction of sp³-hybridized carbons (Fsp3) is 0.909. The summed E-state index contributed by atoms with van der Waals surface area (Å²) in [5, 5.41) is 17.4. The maximum atomic E-state index is 11.2. The highest BCUT2D eigenvalue weighted by Crippen LogP contribution is 2.05. The van der Waals surface area contributed by atoms with Crippen molar-refractivity contribution in [2.45, 2.75) is 39.0 Å². The molecule has 0 aromatic carbocycles. The Labute approximate surface area is 91.3 Å². The number of aliphatic hydroxyl groups is 2. The Morgan fingerprint density at radius 1 is 1.27 bits per heavy atom. The number of ether oxygens (including phenoxy) is 1. The average Bonchev–Trinajstić information content (AvgIpc) is 2.26. The van der Waals surface area contributed by atoms with Crippen molar-refractivity contribution in [3.63, 3.8) is 0 Å². The molecule has 4 heteroatoms. The zero-order valence-electron chi connectivity index (χ0n) is 9.45. The first-order chi connectivity index (χ1) is 7.24. The van der Waals surface area contributed by atoms with E-state index in [0.717, 1.165) is 25.7 Å². The Morgan fingerprint density at radius 3 is 2.53 bits per heavy atom. The Balaban J connectivity index is 3.40. The van der Waals surface area contributed by atoms with Gasteiger partial charge in [-0.15, -0.1) is 0 Å². The minimum atomic E-state index is -0.208. The van der Waals surface area contributed by atoms with Crippen LogP contribution in [0, 0.1) is 5.92 Å². The van der Waals surface area contributed by atoms with Crippen molar-refractivity contribution in [1.29, 1.82) is 0 Å². The minimum Gasteiger partial charge on any atom is -0.465 e. The van der Waals surface area contributed by atoms with Gasteiger partial charge in [-0.1, -0.05) is 13.3 Å². The van der Waals surface area contributed by atoms with Crippen molar-refractivity contribution in [2.75, 3.05) is 19.8 Å². The van der Waals surface area contributed by atoms with Crippen LogP contribution in [0.25, 0.3) is 0 Å². The summed E-state index contributed by atoms with van der Waals surface area (Å²) in [5.41, 5.74) is 0. The summed E-state index contributed by atoms with van der Waals surface area (Å²) in [6.45, 7) is 2.51. The van der Waals surface area contributed by atoms with Gasteiger partial charge >= 0.3 is 5.97 Å². The van der Waals surface area contributed by atoms with Crippen LogP contribution in [0.15, 0.2) is 0 Å². The van der Waals surface area contributed by atoms with E-state index < -0.39 is 0 Å². The van der Waals surface area contributed by atoms with Gasteiger partial charge in [0.25, 0.3) is 0 Å². The Morgan fingerprint density at radius 2 is 2.00 bits per heavy atom. The molecule has 1 unspecified atom stereocenters. The standard InChI is InChI=1S/C11H22O4/c1-2-10(8-13)9-15-11(14)6-4-3-5-7-12/h10,12-13H,2-9H2,1H3. The normalized spacial score (nSPS) is 12.5. The van der Waals surface area contributed by atoms with E-state index in [2.05, 4.69) is 0 Å². The molecular formula is C11H22O4. The fourth-order valence-corrected chi connectivity index (χ4v) is 1.14. The molecule has 0 bridgehead atoms. The second kappa shape index (κ2) is 9.93. The van der Waals surface area contributed by atoms with Gasteiger partial charge in [-0.05, 0) is 19.3 Å². The van der Waals surface area contributed by atoms with E-state index in [-0.39, 0.29) is 25.1 Å². The Hall–Kier alpha value is -0.610. The molecule has 0 saturated heterocycles. The molecular weight excluding hydrogens is 196 g/mol. The van der Waals surface area contributed by atoms with Crippen molar-refractivity contribution in [2.24, 2.45) is 5.92 Å². The zero-order valence-corrected chi connectivity index (χ0v) is 9.45. The first-order valence-corrected chi connectivity index (χ1v) is 5.61. The van der Waals surface area contributed by atoms with Crippen LogP contribution >= 0.6 is 0 Å². The van der Waals surface area contributed by atoms with E-state index in [1.165, 1.54) is 0 Å². The SMILES string of the molecule is CCC(CO)COC(=O)CCCCCO. The van der Waals surface area contributed by atoms with Crippen LogP contribution in [0.4, 0.5) is 0 Å².